The van der Waals surface area contributed by atoms with E-state index < -0.39 is 6.10 Å². The van der Waals surface area contributed by atoms with Crippen LogP contribution in [0.25, 0.3) is 17.1 Å². The third-order valence-corrected chi connectivity index (χ3v) is 5.88. The second kappa shape index (κ2) is 9.34. The summed E-state index contributed by atoms with van der Waals surface area (Å²) in [7, 11) is 1.63. The Hall–Kier alpha value is -2.80. The van der Waals surface area contributed by atoms with E-state index in [1.807, 2.05) is 83.4 Å². The fourth-order valence-corrected chi connectivity index (χ4v) is 4.16. The van der Waals surface area contributed by atoms with Crippen LogP contribution in [0.1, 0.15) is 11.7 Å². The molecule has 1 atom stereocenters. The van der Waals surface area contributed by atoms with Crippen molar-refractivity contribution >= 4 is 23.4 Å². The van der Waals surface area contributed by atoms with Crippen molar-refractivity contribution in [1.29, 1.82) is 0 Å². The van der Waals surface area contributed by atoms with Crippen molar-refractivity contribution in [1.82, 2.24) is 14.8 Å². The predicted molar refractivity (Wildman–Crippen MR) is 120 cm³/mol. The van der Waals surface area contributed by atoms with Crippen LogP contribution in [0.4, 0.5) is 0 Å². The standard InChI is InChI=1S/C23H20ClN3O2S/c1-29-21-10-6-5-9-19(21)22-25-26-23(27(22)18-13-11-17(24)12-14-18)30-15-20(28)16-7-3-2-4-8-16/h2-14,20,28H,15H2,1H3. The van der Waals surface area contributed by atoms with Crippen LogP contribution in [-0.4, -0.2) is 32.7 Å². The smallest absolute Gasteiger partial charge is 0.196 e. The lowest BCUT2D eigenvalue weighted by atomic mass is 10.1. The van der Waals surface area contributed by atoms with Crippen molar-refractivity contribution in [2.75, 3.05) is 12.9 Å². The van der Waals surface area contributed by atoms with Gasteiger partial charge in [-0.15, -0.1) is 10.2 Å². The number of hydrogen-bond donors (Lipinski definition) is 1. The highest BCUT2D eigenvalue weighted by atomic mass is 35.5. The normalized spacial score (nSPS) is 12.0. The molecule has 0 aliphatic rings. The van der Waals surface area contributed by atoms with Crippen LogP contribution >= 0.6 is 23.4 Å². The number of aliphatic hydroxyl groups excluding tert-OH is 1. The molecular formula is C23H20ClN3O2S. The second-order valence-corrected chi connectivity index (χ2v) is 7.98. The third kappa shape index (κ3) is 4.36. The molecule has 0 aliphatic carbocycles. The number of aliphatic hydroxyl groups is 1. The van der Waals surface area contributed by atoms with Crippen LogP contribution in [0.2, 0.25) is 5.02 Å². The number of ether oxygens (including phenoxy) is 1. The zero-order chi connectivity index (χ0) is 20.9. The van der Waals surface area contributed by atoms with Gasteiger partial charge in [0.15, 0.2) is 11.0 Å². The van der Waals surface area contributed by atoms with Gasteiger partial charge in [0.25, 0.3) is 0 Å². The van der Waals surface area contributed by atoms with Crippen LogP contribution in [0.5, 0.6) is 5.75 Å². The van der Waals surface area contributed by atoms with Crippen LogP contribution in [0.15, 0.2) is 84.0 Å². The summed E-state index contributed by atoms with van der Waals surface area (Å²) in [5.41, 5.74) is 2.58. The first-order valence-electron chi connectivity index (χ1n) is 9.38. The minimum atomic E-state index is -0.610. The quantitative estimate of drug-likeness (QED) is 0.391. The number of aromatic nitrogens is 3. The molecule has 1 heterocycles. The van der Waals surface area contributed by atoms with Crippen molar-refractivity contribution < 1.29 is 9.84 Å². The Morgan fingerprint density at radius 3 is 2.40 bits per heavy atom. The molecule has 1 N–H and O–H groups in total. The fraction of sp³-hybridized carbons (Fsp3) is 0.130. The van der Waals surface area contributed by atoms with Crippen molar-refractivity contribution in [3.05, 3.63) is 89.4 Å². The van der Waals surface area contributed by atoms with Crippen molar-refractivity contribution in [3.63, 3.8) is 0 Å². The number of halogens is 1. The second-order valence-electron chi connectivity index (χ2n) is 6.56. The molecule has 0 saturated carbocycles. The maximum atomic E-state index is 10.6. The Labute approximate surface area is 184 Å². The summed E-state index contributed by atoms with van der Waals surface area (Å²) in [5, 5.41) is 20.7. The van der Waals surface area contributed by atoms with Crippen molar-refractivity contribution in [2.45, 2.75) is 11.3 Å². The molecule has 0 amide bonds. The molecule has 0 bridgehead atoms. The first-order valence-corrected chi connectivity index (χ1v) is 10.7. The Morgan fingerprint density at radius 1 is 0.967 bits per heavy atom. The van der Waals surface area contributed by atoms with E-state index in [1.54, 1.807) is 7.11 Å². The van der Waals surface area contributed by atoms with Gasteiger partial charge < -0.3 is 9.84 Å². The highest BCUT2D eigenvalue weighted by molar-refractivity contribution is 7.99. The molecule has 0 fully saturated rings. The number of thioether (sulfide) groups is 1. The summed E-state index contributed by atoms with van der Waals surface area (Å²) in [4.78, 5) is 0. The molecule has 0 aliphatic heterocycles. The van der Waals surface area contributed by atoms with E-state index in [2.05, 4.69) is 10.2 Å². The van der Waals surface area contributed by atoms with Gasteiger partial charge in [-0.3, -0.25) is 4.57 Å². The molecule has 4 aromatic rings. The Kier molecular flexibility index (Phi) is 6.38. The van der Waals surface area contributed by atoms with Crippen molar-refractivity contribution in [3.8, 4) is 22.8 Å². The summed E-state index contributed by atoms with van der Waals surface area (Å²) in [6.45, 7) is 0. The highest BCUT2D eigenvalue weighted by Crippen LogP contribution is 2.34. The maximum absolute atomic E-state index is 10.6. The Balaban J connectivity index is 1.72. The number of benzene rings is 3. The Morgan fingerprint density at radius 2 is 1.67 bits per heavy atom. The van der Waals surface area contributed by atoms with E-state index in [1.165, 1.54) is 11.8 Å². The minimum Gasteiger partial charge on any atom is -0.496 e. The molecule has 7 heteroatoms. The van der Waals surface area contributed by atoms with Gasteiger partial charge in [-0.1, -0.05) is 65.8 Å². The first-order chi connectivity index (χ1) is 14.7. The number of nitrogens with zero attached hydrogens (tertiary/aromatic N) is 3. The molecule has 30 heavy (non-hydrogen) atoms. The van der Waals surface area contributed by atoms with Gasteiger partial charge in [0.05, 0.1) is 18.8 Å². The molecule has 4 rings (SSSR count). The van der Waals surface area contributed by atoms with E-state index in [9.17, 15) is 5.11 Å². The van der Waals surface area contributed by atoms with Gasteiger partial charge in [-0.25, -0.2) is 0 Å². The molecule has 0 spiro atoms. The van der Waals surface area contributed by atoms with E-state index in [0.717, 1.165) is 16.8 Å². The summed E-state index contributed by atoms with van der Waals surface area (Å²) >= 11 is 7.53. The number of rotatable bonds is 7. The van der Waals surface area contributed by atoms with Crippen LogP contribution in [-0.2, 0) is 0 Å². The minimum absolute atomic E-state index is 0.446. The lowest BCUT2D eigenvalue weighted by Crippen LogP contribution is -2.04. The molecular weight excluding hydrogens is 418 g/mol. The van der Waals surface area contributed by atoms with E-state index >= 15 is 0 Å². The van der Waals surface area contributed by atoms with Gasteiger partial charge in [-0.05, 0) is 42.0 Å². The topological polar surface area (TPSA) is 60.2 Å². The van der Waals surface area contributed by atoms with Gasteiger partial charge >= 0.3 is 0 Å². The average Bonchev–Trinajstić information content (AvgIpc) is 3.22. The van der Waals surface area contributed by atoms with Gasteiger partial charge in [0, 0.05) is 16.5 Å². The number of hydrogen-bond acceptors (Lipinski definition) is 5. The lowest BCUT2D eigenvalue weighted by Gasteiger charge is -2.14. The summed E-state index contributed by atoms with van der Waals surface area (Å²) in [5.74, 6) is 1.81. The largest absolute Gasteiger partial charge is 0.496 e. The maximum Gasteiger partial charge on any atom is 0.196 e. The van der Waals surface area contributed by atoms with E-state index in [-0.39, 0.29) is 0 Å². The van der Waals surface area contributed by atoms with Gasteiger partial charge in [-0.2, -0.15) is 0 Å². The van der Waals surface area contributed by atoms with Crippen LogP contribution in [0.3, 0.4) is 0 Å². The number of methoxy groups -OCH3 is 1. The predicted octanol–water partition coefficient (Wildman–Crippen LogP) is 5.42. The monoisotopic (exact) mass is 437 g/mol. The highest BCUT2D eigenvalue weighted by Gasteiger charge is 2.20. The van der Waals surface area contributed by atoms with Gasteiger partial charge in [0.2, 0.25) is 0 Å². The zero-order valence-electron chi connectivity index (χ0n) is 16.3. The molecule has 5 nitrogen and oxygen atoms in total. The average molecular weight is 438 g/mol. The van der Waals surface area contributed by atoms with Crippen molar-refractivity contribution in [2.24, 2.45) is 0 Å². The van der Waals surface area contributed by atoms with Crippen LogP contribution in [0, 0.1) is 0 Å². The zero-order valence-corrected chi connectivity index (χ0v) is 17.8. The molecule has 1 aromatic heterocycles. The molecule has 1 unspecified atom stereocenters. The van der Waals surface area contributed by atoms with E-state index in [4.69, 9.17) is 16.3 Å². The third-order valence-electron chi connectivity index (χ3n) is 4.62. The fourth-order valence-electron chi connectivity index (χ4n) is 3.12. The summed E-state index contributed by atoms with van der Waals surface area (Å²) in [6.07, 6.45) is -0.610. The summed E-state index contributed by atoms with van der Waals surface area (Å²) < 4.78 is 7.48. The molecule has 3 aromatic carbocycles. The summed E-state index contributed by atoms with van der Waals surface area (Å²) in [6, 6.07) is 24.8. The Bertz CT molecular complexity index is 1120. The first kappa shape index (κ1) is 20.5. The van der Waals surface area contributed by atoms with Crippen LogP contribution < -0.4 is 4.74 Å². The van der Waals surface area contributed by atoms with E-state index in [0.29, 0.717) is 27.5 Å². The van der Waals surface area contributed by atoms with Gasteiger partial charge in [0.1, 0.15) is 5.75 Å². The molecule has 0 saturated heterocycles. The molecule has 0 radical (unpaired) electrons. The lowest BCUT2D eigenvalue weighted by molar-refractivity contribution is 0.204. The number of para-hydroxylation sites is 1. The SMILES string of the molecule is COc1ccccc1-c1nnc(SCC(O)c2ccccc2)n1-c1ccc(Cl)cc1. The molecule has 152 valence electrons.